The quantitative estimate of drug-likeness (QED) is 0.886. The van der Waals surface area contributed by atoms with Gasteiger partial charge in [-0.2, -0.15) is 0 Å². The van der Waals surface area contributed by atoms with Gasteiger partial charge in [-0.1, -0.05) is 6.92 Å². The van der Waals surface area contributed by atoms with Crippen LogP contribution in [-0.2, 0) is 11.2 Å². The largest absolute Gasteiger partial charge is 0.356 e. The fourth-order valence-electron chi connectivity index (χ4n) is 1.79. The summed E-state index contributed by atoms with van der Waals surface area (Å²) in [5, 5.41) is 5.72. The Morgan fingerprint density at radius 2 is 2.10 bits per heavy atom. The Kier molecular flexibility index (Phi) is 5.24. The second kappa shape index (κ2) is 7.14. The number of rotatable bonds is 6. The van der Waals surface area contributed by atoms with Crippen molar-refractivity contribution in [1.29, 1.82) is 0 Å². The molecule has 0 saturated carbocycles. The molecular formula is C15H17FN2OS. The van der Waals surface area contributed by atoms with E-state index in [2.05, 4.69) is 10.3 Å². The SMILES string of the molecule is CCCC(=O)NCCc1csc(-c2ccc(F)cc2)n1. The Labute approximate surface area is 121 Å². The van der Waals surface area contributed by atoms with Gasteiger partial charge in [-0.05, 0) is 30.7 Å². The molecule has 2 rings (SSSR count). The number of halogens is 1. The Morgan fingerprint density at radius 1 is 1.35 bits per heavy atom. The molecule has 1 heterocycles. The average Bonchev–Trinajstić information content (AvgIpc) is 2.89. The molecule has 1 aromatic heterocycles. The third-order valence-electron chi connectivity index (χ3n) is 2.82. The van der Waals surface area contributed by atoms with E-state index in [1.165, 1.54) is 23.5 Å². The first-order valence-corrected chi connectivity index (χ1v) is 7.54. The summed E-state index contributed by atoms with van der Waals surface area (Å²) in [6, 6.07) is 6.31. The summed E-state index contributed by atoms with van der Waals surface area (Å²) in [6.45, 7) is 2.58. The molecule has 0 unspecified atom stereocenters. The van der Waals surface area contributed by atoms with E-state index in [0.717, 1.165) is 22.7 Å². The van der Waals surface area contributed by atoms with Crippen molar-refractivity contribution < 1.29 is 9.18 Å². The molecule has 106 valence electrons. The second-order valence-corrected chi connectivity index (χ2v) is 5.36. The van der Waals surface area contributed by atoms with Crippen molar-refractivity contribution in [2.45, 2.75) is 26.2 Å². The van der Waals surface area contributed by atoms with Crippen LogP contribution < -0.4 is 5.32 Å². The van der Waals surface area contributed by atoms with Crippen molar-refractivity contribution in [3.05, 3.63) is 41.2 Å². The molecule has 1 N–H and O–H groups in total. The Bertz CT molecular complexity index is 566. The third-order valence-corrected chi connectivity index (χ3v) is 3.76. The van der Waals surface area contributed by atoms with Gasteiger partial charge in [0, 0.05) is 30.3 Å². The summed E-state index contributed by atoms with van der Waals surface area (Å²) in [6.07, 6.45) is 2.14. The maximum Gasteiger partial charge on any atom is 0.219 e. The summed E-state index contributed by atoms with van der Waals surface area (Å²) in [5.74, 6) is -0.161. The number of hydrogen-bond donors (Lipinski definition) is 1. The number of aromatic nitrogens is 1. The van der Waals surface area contributed by atoms with Crippen molar-refractivity contribution in [3.8, 4) is 10.6 Å². The fourth-order valence-corrected chi connectivity index (χ4v) is 2.65. The molecule has 2 aromatic rings. The van der Waals surface area contributed by atoms with Gasteiger partial charge in [-0.15, -0.1) is 11.3 Å². The first-order valence-electron chi connectivity index (χ1n) is 6.66. The predicted octanol–water partition coefficient (Wildman–Crippen LogP) is 3.41. The summed E-state index contributed by atoms with van der Waals surface area (Å²) in [5.41, 5.74) is 1.86. The standard InChI is InChI=1S/C15H17FN2OS/c1-2-3-14(19)17-9-8-13-10-20-15(18-13)11-4-6-12(16)7-5-11/h4-7,10H,2-3,8-9H2,1H3,(H,17,19). The van der Waals surface area contributed by atoms with Gasteiger partial charge >= 0.3 is 0 Å². The number of hydrogen-bond acceptors (Lipinski definition) is 3. The van der Waals surface area contributed by atoms with Crippen LogP contribution in [0.4, 0.5) is 4.39 Å². The minimum absolute atomic E-state index is 0.0847. The van der Waals surface area contributed by atoms with Crippen LogP contribution in [0.2, 0.25) is 0 Å². The smallest absolute Gasteiger partial charge is 0.219 e. The lowest BCUT2D eigenvalue weighted by Crippen LogP contribution is -2.25. The van der Waals surface area contributed by atoms with Crippen LogP contribution >= 0.6 is 11.3 Å². The van der Waals surface area contributed by atoms with Gasteiger partial charge in [0.1, 0.15) is 10.8 Å². The van der Waals surface area contributed by atoms with Crippen LogP contribution in [0.5, 0.6) is 0 Å². The highest BCUT2D eigenvalue weighted by atomic mass is 32.1. The number of carbonyl (C=O) groups is 1. The van der Waals surface area contributed by atoms with Gasteiger partial charge in [-0.3, -0.25) is 4.79 Å². The number of nitrogens with one attached hydrogen (secondary N) is 1. The molecule has 0 aliphatic carbocycles. The Hall–Kier alpha value is -1.75. The molecule has 0 atom stereocenters. The Balaban J connectivity index is 1.89. The highest BCUT2D eigenvalue weighted by molar-refractivity contribution is 7.13. The van der Waals surface area contributed by atoms with Gasteiger partial charge in [0.15, 0.2) is 0 Å². The normalized spacial score (nSPS) is 10.5. The molecule has 0 saturated heterocycles. The maximum absolute atomic E-state index is 12.9. The zero-order valence-corrected chi connectivity index (χ0v) is 12.2. The predicted molar refractivity (Wildman–Crippen MR) is 79.1 cm³/mol. The van der Waals surface area contributed by atoms with E-state index in [4.69, 9.17) is 0 Å². The van der Waals surface area contributed by atoms with Crippen LogP contribution in [0.15, 0.2) is 29.6 Å². The van der Waals surface area contributed by atoms with E-state index in [0.29, 0.717) is 19.4 Å². The molecule has 0 aliphatic heterocycles. The minimum Gasteiger partial charge on any atom is -0.356 e. The van der Waals surface area contributed by atoms with Gasteiger partial charge in [-0.25, -0.2) is 9.37 Å². The Morgan fingerprint density at radius 3 is 2.80 bits per heavy atom. The number of benzene rings is 1. The van der Waals surface area contributed by atoms with Gasteiger partial charge < -0.3 is 5.32 Å². The van der Waals surface area contributed by atoms with E-state index in [1.807, 2.05) is 12.3 Å². The molecule has 1 amide bonds. The zero-order chi connectivity index (χ0) is 14.4. The highest BCUT2D eigenvalue weighted by Crippen LogP contribution is 2.23. The molecule has 0 aliphatic rings. The molecule has 5 heteroatoms. The molecule has 1 aromatic carbocycles. The van der Waals surface area contributed by atoms with Gasteiger partial charge in [0.05, 0.1) is 5.69 Å². The molecule has 0 spiro atoms. The molecule has 0 bridgehead atoms. The highest BCUT2D eigenvalue weighted by Gasteiger charge is 2.05. The molecule has 0 fully saturated rings. The van der Waals surface area contributed by atoms with E-state index < -0.39 is 0 Å². The first kappa shape index (κ1) is 14.7. The summed E-state index contributed by atoms with van der Waals surface area (Å²) in [7, 11) is 0. The van der Waals surface area contributed by atoms with E-state index in [-0.39, 0.29) is 11.7 Å². The van der Waals surface area contributed by atoms with Crippen molar-refractivity contribution in [3.63, 3.8) is 0 Å². The van der Waals surface area contributed by atoms with Crippen LogP contribution in [0.3, 0.4) is 0 Å². The second-order valence-electron chi connectivity index (χ2n) is 4.50. The van der Waals surface area contributed by atoms with Crippen LogP contribution in [0.1, 0.15) is 25.5 Å². The lowest BCUT2D eigenvalue weighted by Gasteiger charge is -2.02. The van der Waals surface area contributed by atoms with Crippen molar-refractivity contribution in [2.75, 3.05) is 6.54 Å². The minimum atomic E-state index is -0.246. The van der Waals surface area contributed by atoms with Crippen molar-refractivity contribution in [2.24, 2.45) is 0 Å². The van der Waals surface area contributed by atoms with Gasteiger partial charge in [0.2, 0.25) is 5.91 Å². The topological polar surface area (TPSA) is 42.0 Å². The first-order chi connectivity index (χ1) is 9.69. The number of carbonyl (C=O) groups excluding carboxylic acids is 1. The van der Waals surface area contributed by atoms with E-state index in [9.17, 15) is 9.18 Å². The lowest BCUT2D eigenvalue weighted by molar-refractivity contribution is -0.121. The number of amides is 1. The van der Waals surface area contributed by atoms with Crippen LogP contribution in [0.25, 0.3) is 10.6 Å². The fraction of sp³-hybridized carbons (Fsp3) is 0.333. The monoisotopic (exact) mass is 292 g/mol. The van der Waals surface area contributed by atoms with Crippen LogP contribution in [-0.4, -0.2) is 17.4 Å². The van der Waals surface area contributed by atoms with E-state index >= 15 is 0 Å². The van der Waals surface area contributed by atoms with Crippen LogP contribution in [0, 0.1) is 5.82 Å². The summed E-state index contributed by atoms with van der Waals surface area (Å²) < 4.78 is 12.9. The lowest BCUT2D eigenvalue weighted by atomic mass is 10.2. The third kappa shape index (κ3) is 4.13. The zero-order valence-electron chi connectivity index (χ0n) is 11.4. The average molecular weight is 292 g/mol. The molecular weight excluding hydrogens is 275 g/mol. The van der Waals surface area contributed by atoms with Gasteiger partial charge in [0.25, 0.3) is 0 Å². The molecule has 0 radical (unpaired) electrons. The number of nitrogens with zero attached hydrogens (tertiary/aromatic N) is 1. The van der Waals surface area contributed by atoms with Crippen molar-refractivity contribution >= 4 is 17.2 Å². The van der Waals surface area contributed by atoms with Crippen molar-refractivity contribution in [1.82, 2.24) is 10.3 Å². The number of thiazole rings is 1. The van der Waals surface area contributed by atoms with E-state index in [1.54, 1.807) is 12.1 Å². The maximum atomic E-state index is 12.9. The molecule has 3 nitrogen and oxygen atoms in total. The summed E-state index contributed by atoms with van der Waals surface area (Å²) >= 11 is 1.53. The summed E-state index contributed by atoms with van der Waals surface area (Å²) in [4.78, 5) is 15.8. The molecule has 20 heavy (non-hydrogen) atoms.